The summed E-state index contributed by atoms with van der Waals surface area (Å²) in [4.78, 5) is 24.9. The third-order valence-electron chi connectivity index (χ3n) is 3.68. The summed E-state index contributed by atoms with van der Waals surface area (Å²) in [5, 5.41) is 1.17. The number of ether oxygens (including phenoxy) is 2. The summed E-state index contributed by atoms with van der Waals surface area (Å²) in [6.45, 7) is 0. The Morgan fingerprint density at radius 1 is 0.962 bits per heavy atom. The molecule has 134 valence electrons. The van der Waals surface area contributed by atoms with Gasteiger partial charge in [0.2, 0.25) is 0 Å². The molecular weight excluding hydrogens is 376 g/mol. The van der Waals surface area contributed by atoms with Crippen LogP contribution in [-0.4, -0.2) is 26.0 Å². The lowest BCUT2D eigenvalue weighted by molar-refractivity contribution is 0.0849. The van der Waals surface area contributed by atoms with E-state index < -0.39 is 11.8 Å². The molecule has 2 N–H and O–H groups in total. The van der Waals surface area contributed by atoms with Gasteiger partial charge in [-0.2, -0.15) is 0 Å². The minimum Gasteiger partial charge on any atom is -0.493 e. The van der Waals surface area contributed by atoms with Gasteiger partial charge in [0.25, 0.3) is 11.8 Å². The Hall–Kier alpha value is -2.77. The molecule has 0 aliphatic rings. The molecule has 0 radical (unpaired) electrons. The maximum Gasteiger partial charge on any atom is 0.281 e. The highest BCUT2D eigenvalue weighted by Crippen LogP contribution is 2.34. The summed E-state index contributed by atoms with van der Waals surface area (Å²) in [6.07, 6.45) is 0. The van der Waals surface area contributed by atoms with E-state index in [1.807, 2.05) is 24.3 Å². The maximum atomic E-state index is 12.3. The Kier molecular flexibility index (Phi) is 5.29. The molecule has 0 bridgehead atoms. The van der Waals surface area contributed by atoms with Gasteiger partial charge in [-0.15, -0.1) is 11.3 Å². The van der Waals surface area contributed by atoms with Crippen molar-refractivity contribution in [2.75, 3.05) is 14.2 Å². The number of nitrogens with one attached hydrogen (secondary N) is 2. The second-order valence-electron chi connectivity index (χ2n) is 5.22. The number of hydrogen-bond acceptors (Lipinski definition) is 5. The topological polar surface area (TPSA) is 76.7 Å². The molecule has 8 heteroatoms. The van der Waals surface area contributed by atoms with Crippen molar-refractivity contribution in [2.24, 2.45) is 0 Å². The highest BCUT2D eigenvalue weighted by atomic mass is 35.5. The summed E-state index contributed by atoms with van der Waals surface area (Å²) in [5.41, 5.74) is 5.06. The standard InChI is InChI=1S/C18H15ClN2O4S/c1-24-12-8-7-10(9-13(12)25-2)17(22)20-21-18(23)16-15(19)11-5-3-4-6-14(11)26-16/h3-9H,1-2H3,(H,20,22)(H,21,23). The van der Waals surface area contributed by atoms with Crippen LogP contribution in [0, 0.1) is 0 Å². The summed E-state index contributed by atoms with van der Waals surface area (Å²) in [5.74, 6) is -0.0502. The number of rotatable bonds is 4. The fraction of sp³-hybridized carbons (Fsp3) is 0.111. The molecule has 0 unspecified atom stereocenters. The fourth-order valence-corrected chi connectivity index (χ4v) is 3.79. The van der Waals surface area contributed by atoms with Gasteiger partial charge in [-0.1, -0.05) is 29.8 Å². The molecule has 26 heavy (non-hydrogen) atoms. The zero-order valence-electron chi connectivity index (χ0n) is 14.0. The molecule has 0 fully saturated rings. The Morgan fingerprint density at radius 2 is 1.65 bits per heavy atom. The van der Waals surface area contributed by atoms with Crippen LogP contribution >= 0.6 is 22.9 Å². The van der Waals surface area contributed by atoms with Crippen LogP contribution in [0.4, 0.5) is 0 Å². The Morgan fingerprint density at radius 3 is 2.35 bits per heavy atom. The van der Waals surface area contributed by atoms with Crippen LogP contribution in [0.25, 0.3) is 10.1 Å². The Balaban J connectivity index is 1.72. The van der Waals surface area contributed by atoms with Crippen molar-refractivity contribution in [2.45, 2.75) is 0 Å². The first kappa shape index (κ1) is 18.0. The van der Waals surface area contributed by atoms with Crippen molar-refractivity contribution < 1.29 is 19.1 Å². The van der Waals surface area contributed by atoms with Crippen molar-refractivity contribution in [3.8, 4) is 11.5 Å². The predicted octanol–water partition coefficient (Wildman–Crippen LogP) is 3.65. The molecule has 6 nitrogen and oxygen atoms in total. The zero-order valence-corrected chi connectivity index (χ0v) is 15.5. The van der Waals surface area contributed by atoms with Gasteiger partial charge >= 0.3 is 0 Å². The van der Waals surface area contributed by atoms with Crippen LogP contribution in [0.15, 0.2) is 42.5 Å². The first-order chi connectivity index (χ1) is 12.5. The van der Waals surface area contributed by atoms with Crippen molar-refractivity contribution in [1.82, 2.24) is 10.9 Å². The molecule has 2 aromatic carbocycles. The van der Waals surface area contributed by atoms with Crippen molar-refractivity contribution in [1.29, 1.82) is 0 Å². The molecule has 1 aromatic heterocycles. The summed E-state index contributed by atoms with van der Waals surface area (Å²) < 4.78 is 11.2. The number of carbonyl (C=O) groups is 2. The molecule has 0 spiro atoms. The number of fused-ring (bicyclic) bond motifs is 1. The van der Waals surface area contributed by atoms with E-state index in [2.05, 4.69) is 10.9 Å². The zero-order chi connectivity index (χ0) is 18.7. The molecule has 0 saturated heterocycles. The summed E-state index contributed by atoms with van der Waals surface area (Å²) >= 11 is 7.52. The average Bonchev–Trinajstić information content (AvgIpc) is 3.02. The molecule has 3 rings (SSSR count). The van der Waals surface area contributed by atoms with E-state index in [0.29, 0.717) is 27.0 Å². The van der Waals surface area contributed by atoms with Gasteiger partial charge in [0.15, 0.2) is 11.5 Å². The number of hydrogen-bond donors (Lipinski definition) is 2. The van der Waals surface area contributed by atoms with Gasteiger partial charge in [0.1, 0.15) is 4.88 Å². The fourth-order valence-electron chi connectivity index (χ4n) is 2.38. The van der Waals surface area contributed by atoms with Crippen molar-refractivity contribution in [3.05, 3.63) is 57.9 Å². The van der Waals surface area contributed by atoms with Crippen LogP contribution in [0.3, 0.4) is 0 Å². The maximum absolute atomic E-state index is 12.3. The average molecular weight is 391 g/mol. The van der Waals surface area contributed by atoms with Crippen molar-refractivity contribution in [3.63, 3.8) is 0 Å². The quantitative estimate of drug-likeness (QED) is 0.667. The molecule has 1 heterocycles. The highest BCUT2D eigenvalue weighted by molar-refractivity contribution is 7.21. The van der Waals surface area contributed by atoms with Crippen molar-refractivity contribution >= 4 is 44.8 Å². The molecule has 0 aliphatic heterocycles. The SMILES string of the molecule is COc1ccc(C(=O)NNC(=O)c2sc3ccccc3c2Cl)cc1OC. The molecule has 2 amide bonds. The Bertz CT molecular complexity index is 986. The number of methoxy groups -OCH3 is 2. The predicted molar refractivity (Wildman–Crippen MR) is 101 cm³/mol. The molecule has 0 saturated carbocycles. The minimum absolute atomic E-state index is 0.311. The second-order valence-corrected chi connectivity index (χ2v) is 6.65. The highest BCUT2D eigenvalue weighted by Gasteiger charge is 2.18. The number of thiophene rings is 1. The number of benzene rings is 2. The van der Waals surface area contributed by atoms with Crippen LogP contribution in [-0.2, 0) is 0 Å². The third kappa shape index (κ3) is 3.44. The first-order valence-electron chi connectivity index (χ1n) is 7.55. The van der Waals surface area contributed by atoms with Crippen LogP contribution < -0.4 is 20.3 Å². The molecule has 3 aromatic rings. The monoisotopic (exact) mass is 390 g/mol. The normalized spacial score (nSPS) is 10.4. The molecule has 0 atom stereocenters. The Labute approximate surface area is 158 Å². The van der Waals surface area contributed by atoms with Gasteiger partial charge < -0.3 is 9.47 Å². The van der Waals surface area contributed by atoms with E-state index in [4.69, 9.17) is 21.1 Å². The van der Waals surface area contributed by atoms with Gasteiger partial charge in [0.05, 0.1) is 19.2 Å². The number of halogens is 1. The smallest absolute Gasteiger partial charge is 0.281 e. The molecule has 0 aliphatic carbocycles. The second kappa shape index (κ2) is 7.63. The van der Waals surface area contributed by atoms with E-state index in [-0.39, 0.29) is 0 Å². The van der Waals surface area contributed by atoms with E-state index in [0.717, 1.165) is 10.1 Å². The van der Waals surface area contributed by atoms with E-state index >= 15 is 0 Å². The lowest BCUT2D eigenvalue weighted by atomic mass is 10.2. The van der Waals surface area contributed by atoms with Crippen LogP contribution in [0.5, 0.6) is 11.5 Å². The molecular formula is C18H15ClN2O4S. The van der Waals surface area contributed by atoms with E-state index in [1.165, 1.54) is 31.6 Å². The summed E-state index contributed by atoms with van der Waals surface area (Å²) in [6, 6.07) is 12.1. The number of carbonyl (C=O) groups excluding carboxylic acids is 2. The van der Waals surface area contributed by atoms with Gasteiger partial charge in [-0.25, -0.2) is 0 Å². The number of hydrazine groups is 1. The van der Waals surface area contributed by atoms with Gasteiger partial charge in [0, 0.05) is 15.6 Å². The van der Waals surface area contributed by atoms with Crippen LogP contribution in [0.1, 0.15) is 20.0 Å². The van der Waals surface area contributed by atoms with Gasteiger partial charge in [-0.3, -0.25) is 20.4 Å². The number of amides is 2. The lowest BCUT2D eigenvalue weighted by Crippen LogP contribution is -2.41. The first-order valence-corrected chi connectivity index (χ1v) is 8.74. The minimum atomic E-state index is -0.489. The summed E-state index contributed by atoms with van der Waals surface area (Å²) in [7, 11) is 2.98. The largest absolute Gasteiger partial charge is 0.493 e. The lowest BCUT2D eigenvalue weighted by Gasteiger charge is -2.10. The third-order valence-corrected chi connectivity index (χ3v) is 5.35. The van der Waals surface area contributed by atoms with E-state index in [1.54, 1.807) is 12.1 Å². The van der Waals surface area contributed by atoms with E-state index in [9.17, 15) is 9.59 Å². The van der Waals surface area contributed by atoms with Crippen LogP contribution in [0.2, 0.25) is 5.02 Å². The van der Waals surface area contributed by atoms with Gasteiger partial charge in [-0.05, 0) is 24.3 Å².